The topological polar surface area (TPSA) is 85.2 Å². The van der Waals surface area contributed by atoms with Crippen LogP contribution in [0, 0.1) is 12.8 Å². The van der Waals surface area contributed by atoms with Gasteiger partial charge in [0.2, 0.25) is 5.91 Å². The standard InChI is InChI=1S/C20H25ClN4O3S/c1-12-8-15(23-14-2-3-14)10-18(26)25(12)16(9-13-4-6-28-7-5-13)19(27)24-20-22-11-17(21)29-20/h8,10-11,13-14,16,23H,2-7,9H2,1H3,(H,22,24,27). The first kappa shape index (κ1) is 20.4. The van der Waals surface area contributed by atoms with Gasteiger partial charge in [-0.05, 0) is 51.0 Å². The largest absolute Gasteiger partial charge is 0.382 e. The van der Waals surface area contributed by atoms with E-state index in [1.165, 1.54) is 17.5 Å². The van der Waals surface area contributed by atoms with Crippen LogP contribution in [0.15, 0.2) is 23.1 Å². The Morgan fingerprint density at radius 3 is 2.72 bits per heavy atom. The summed E-state index contributed by atoms with van der Waals surface area (Å²) in [5, 5.41) is 6.64. The van der Waals surface area contributed by atoms with E-state index in [0.717, 1.165) is 37.1 Å². The maximum Gasteiger partial charge on any atom is 0.253 e. The molecule has 2 fully saturated rings. The van der Waals surface area contributed by atoms with Gasteiger partial charge >= 0.3 is 0 Å². The highest BCUT2D eigenvalue weighted by Gasteiger charge is 2.29. The number of hydrogen-bond donors (Lipinski definition) is 2. The number of carbonyl (C=O) groups is 1. The molecule has 2 N–H and O–H groups in total. The van der Waals surface area contributed by atoms with Gasteiger partial charge in [-0.3, -0.25) is 9.59 Å². The molecule has 0 aromatic carbocycles. The number of pyridine rings is 1. The second-order valence-corrected chi connectivity index (χ2v) is 9.44. The molecule has 1 atom stereocenters. The highest BCUT2D eigenvalue weighted by Crippen LogP contribution is 2.30. The smallest absolute Gasteiger partial charge is 0.253 e. The first-order valence-corrected chi connectivity index (χ1v) is 11.2. The van der Waals surface area contributed by atoms with Gasteiger partial charge in [-0.25, -0.2) is 4.98 Å². The van der Waals surface area contributed by atoms with Gasteiger partial charge in [-0.15, -0.1) is 0 Å². The maximum absolute atomic E-state index is 13.2. The van der Waals surface area contributed by atoms with Crippen molar-refractivity contribution in [2.24, 2.45) is 5.92 Å². The van der Waals surface area contributed by atoms with Crippen molar-refractivity contribution in [3.05, 3.63) is 38.7 Å². The van der Waals surface area contributed by atoms with E-state index in [2.05, 4.69) is 15.6 Å². The molecule has 29 heavy (non-hydrogen) atoms. The third-order valence-electron chi connectivity index (χ3n) is 5.43. The summed E-state index contributed by atoms with van der Waals surface area (Å²) in [6.07, 6.45) is 6.14. The van der Waals surface area contributed by atoms with Crippen molar-refractivity contribution in [2.45, 2.75) is 51.1 Å². The molecule has 1 unspecified atom stereocenters. The first-order chi connectivity index (χ1) is 14.0. The van der Waals surface area contributed by atoms with Crippen molar-refractivity contribution in [3.8, 4) is 0 Å². The summed E-state index contributed by atoms with van der Waals surface area (Å²) in [6, 6.07) is 3.39. The molecule has 1 saturated carbocycles. The number of nitrogens with one attached hydrogen (secondary N) is 2. The number of hydrogen-bond acceptors (Lipinski definition) is 6. The van der Waals surface area contributed by atoms with Crippen molar-refractivity contribution >= 4 is 39.7 Å². The minimum atomic E-state index is -0.608. The molecule has 2 aromatic rings. The summed E-state index contributed by atoms with van der Waals surface area (Å²) >= 11 is 7.14. The number of ether oxygens (including phenoxy) is 1. The Balaban J connectivity index is 1.61. The highest BCUT2D eigenvalue weighted by atomic mass is 35.5. The molecule has 2 aromatic heterocycles. The molecule has 1 amide bonds. The van der Waals surface area contributed by atoms with E-state index in [9.17, 15) is 9.59 Å². The Bertz CT molecular complexity index is 934. The molecular weight excluding hydrogens is 412 g/mol. The van der Waals surface area contributed by atoms with E-state index in [4.69, 9.17) is 16.3 Å². The molecule has 1 aliphatic heterocycles. The highest BCUT2D eigenvalue weighted by molar-refractivity contribution is 7.19. The molecule has 3 heterocycles. The van der Waals surface area contributed by atoms with Crippen LogP contribution in [0.4, 0.5) is 10.8 Å². The summed E-state index contributed by atoms with van der Waals surface area (Å²) in [7, 11) is 0. The monoisotopic (exact) mass is 436 g/mol. The summed E-state index contributed by atoms with van der Waals surface area (Å²) in [5.41, 5.74) is 1.42. The van der Waals surface area contributed by atoms with E-state index in [-0.39, 0.29) is 11.5 Å². The Morgan fingerprint density at radius 1 is 1.34 bits per heavy atom. The number of amides is 1. The number of rotatable bonds is 7. The van der Waals surface area contributed by atoms with Crippen LogP contribution in [0.25, 0.3) is 0 Å². The molecule has 2 aliphatic rings. The van der Waals surface area contributed by atoms with Gasteiger partial charge in [-0.1, -0.05) is 22.9 Å². The average Bonchev–Trinajstić information content (AvgIpc) is 3.40. The lowest BCUT2D eigenvalue weighted by Crippen LogP contribution is -2.36. The lowest BCUT2D eigenvalue weighted by Gasteiger charge is -2.28. The van der Waals surface area contributed by atoms with Crippen LogP contribution < -0.4 is 16.2 Å². The van der Waals surface area contributed by atoms with Crippen molar-refractivity contribution in [2.75, 3.05) is 23.8 Å². The number of thiazole rings is 1. The van der Waals surface area contributed by atoms with Gasteiger partial charge < -0.3 is 19.9 Å². The molecular formula is C20H25ClN4O3S. The molecule has 7 nitrogen and oxygen atoms in total. The van der Waals surface area contributed by atoms with Gasteiger partial charge in [-0.2, -0.15) is 0 Å². The van der Waals surface area contributed by atoms with Crippen LogP contribution in [0.5, 0.6) is 0 Å². The summed E-state index contributed by atoms with van der Waals surface area (Å²) < 4.78 is 7.57. The molecule has 0 bridgehead atoms. The number of aryl methyl sites for hydroxylation is 1. The van der Waals surface area contributed by atoms with Gasteiger partial charge in [0.05, 0.1) is 6.20 Å². The molecule has 1 saturated heterocycles. The van der Waals surface area contributed by atoms with Gasteiger partial charge in [0.15, 0.2) is 5.13 Å². The minimum Gasteiger partial charge on any atom is -0.382 e. The van der Waals surface area contributed by atoms with Crippen LogP contribution in [-0.4, -0.2) is 34.7 Å². The number of carbonyl (C=O) groups excluding carboxylic acids is 1. The Hall–Kier alpha value is -1.90. The summed E-state index contributed by atoms with van der Waals surface area (Å²) in [6.45, 7) is 3.27. The van der Waals surface area contributed by atoms with E-state index in [1.54, 1.807) is 10.6 Å². The number of anilines is 2. The van der Waals surface area contributed by atoms with Gasteiger partial charge in [0, 0.05) is 36.7 Å². The normalized spacial score (nSPS) is 18.4. The zero-order valence-electron chi connectivity index (χ0n) is 16.3. The molecule has 4 rings (SSSR count). The van der Waals surface area contributed by atoms with Crippen molar-refractivity contribution < 1.29 is 9.53 Å². The molecule has 0 radical (unpaired) electrons. The van der Waals surface area contributed by atoms with Crippen LogP contribution in [0.2, 0.25) is 4.34 Å². The summed E-state index contributed by atoms with van der Waals surface area (Å²) in [5.74, 6) is 0.0885. The predicted molar refractivity (Wildman–Crippen MR) is 115 cm³/mol. The van der Waals surface area contributed by atoms with E-state index >= 15 is 0 Å². The fourth-order valence-electron chi connectivity index (χ4n) is 3.79. The van der Waals surface area contributed by atoms with Crippen molar-refractivity contribution in [1.29, 1.82) is 0 Å². The first-order valence-electron chi connectivity index (χ1n) is 9.99. The lowest BCUT2D eigenvalue weighted by molar-refractivity contribution is -0.120. The fraction of sp³-hybridized carbons (Fsp3) is 0.550. The molecule has 1 aliphatic carbocycles. The Kier molecular flexibility index (Phi) is 6.22. The van der Waals surface area contributed by atoms with Crippen LogP contribution in [0.3, 0.4) is 0 Å². The minimum absolute atomic E-state index is 0.169. The number of halogens is 1. The van der Waals surface area contributed by atoms with Crippen LogP contribution in [0.1, 0.15) is 43.8 Å². The molecule has 9 heteroatoms. The fourth-order valence-corrected chi connectivity index (χ4v) is 4.60. The number of aromatic nitrogens is 2. The summed E-state index contributed by atoms with van der Waals surface area (Å²) in [4.78, 5) is 30.3. The van der Waals surface area contributed by atoms with Crippen molar-refractivity contribution in [1.82, 2.24) is 9.55 Å². The maximum atomic E-state index is 13.2. The molecule has 0 spiro atoms. The van der Waals surface area contributed by atoms with E-state index in [1.807, 2.05) is 13.0 Å². The molecule has 156 valence electrons. The number of nitrogens with zero attached hydrogens (tertiary/aromatic N) is 2. The third kappa shape index (κ3) is 5.18. The van der Waals surface area contributed by atoms with E-state index in [0.29, 0.717) is 41.1 Å². The zero-order chi connectivity index (χ0) is 20.4. The average molecular weight is 437 g/mol. The quantitative estimate of drug-likeness (QED) is 0.688. The second-order valence-electron chi connectivity index (χ2n) is 7.78. The second kappa shape index (κ2) is 8.85. The predicted octanol–water partition coefficient (Wildman–Crippen LogP) is 3.84. The SMILES string of the molecule is Cc1cc(NC2CC2)cc(=O)n1C(CC1CCOCC1)C(=O)Nc1ncc(Cl)s1. The Morgan fingerprint density at radius 2 is 2.10 bits per heavy atom. The Labute approximate surface area is 178 Å². The lowest BCUT2D eigenvalue weighted by atomic mass is 9.91. The van der Waals surface area contributed by atoms with Gasteiger partial charge in [0.1, 0.15) is 10.4 Å². The van der Waals surface area contributed by atoms with E-state index < -0.39 is 6.04 Å². The van der Waals surface area contributed by atoms with Crippen molar-refractivity contribution in [3.63, 3.8) is 0 Å². The third-order valence-corrected chi connectivity index (χ3v) is 6.46. The van der Waals surface area contributed by atoms with Gasteiger partial charge in [0.25, 0.3) is 5.56 Å². The van der Waals surface area contributed by atoms with Crippen LogP contribution in [-0.2, 0) is 9.53 Å². The zero-order valence-corrected chi connectivity index (χ0v) is 17.9. The van der Waals surface area contributed by atoms with Crippen LogP contribution >= 0.6 is 22.9 Å².